The number of rotatable bonds is 8. The number of aryl methyl sites for hydroxylation is 2. The second-order valence-electron chi connectivity index (χ2n) is 5.19. The summed E-state index contributed by atoms with van der Waals surface area (Å²) in [4.78, 5) is 6.95. The van der Waals surface area contributed by atoms with Gasteiger partial charge in [0.1, 0.15) is 5.82 Å². The molecule has 1 heterocycles. The molecule has 0 aliphatic rings. The summed E-state index contributed by atoms with van der Waals surface area (Å²) in [5, 5.41) is 3.47. The van der Waals surface area contributed by atoms with E-state index in [1.165, 1.54) is 11.1 Å². The summed E-state index contributed by atoms with van der Waals surface area (Å²) in [6.07, 6.45) is 7.71. The summed E-state index contributed by atoms with van der Waals surface area (Å²) in [6, 6.07) is 2.15. The molecular weight excluding hydrogens is 246 g/mol. The smallest absolute Gasteiger partial charge is 0.134 e. The lowest BCUT2D eigenvalue weighted by atomic mass is 10.1. The van der Waals surface area contributed by atoms with Gasteiger partial charge in [-0.25, -0.2) is 4.98 Å². The van der Waals surface area contributed by atoms with E-state index in [1.54, 1.807) is 0 Å². The van der Waals surface area contributed by atoms with E-state index in [4.69, 9.17) is 11.4 Å². The molecule has 0 saturated heterocycles. The zero-order chi connectivity index (χ0) is 15.0. The first-order chi connectivity index (χ1) is 9.63. The SMILES string of the molecule is C#CCN(CCC)c1nc(C)cc(C)c1CNCCC. The number of hydrogen-bond donors (Lipinski definition) is 1. The third-order valence-electron chi connectivity index (χ3n) is 3.26. The molecule has 0 radical (unpaired) electrons. The van der Waals surface area contributed by atoms with Gasteiger partial charge in [0, 0.05) is 24.3 Å². The Morgan fingerprint density at radius 3 is 2.65 bits per heavy atom. The van der Waals surface area contributed by atoms with Crippen molar-refractivity contribution in [1.29, 1.82) is 0 Å². The Kier molecular flexibility index (Phi) is 7.11. The third-order valence-corrected chi connectivity index (χ3v) is 3.26. The first-order valence-electron chi connectivity index (χ1n) is 7.50. The monoisotopic (exact) mass is 273 g/mol. The molecule has 1 rings (SSSR count). The molecule has 1 aromatic heterocycles. The van der Waals surface area contributed by atoms with Gasteiger partial charge < -0.3 is 10.2 Å². The normalized spacial score (nSPS) is 10.3. The first kappa shape index (κ1) is 16.5. The van der Waals surface area contributed by atoms with Gasteiger partial charge in [-0.15, -0.1) is 6.42 Å². The maximum absolute atomic E-state index is 5.51. The average molecular weight is 273 g/mol. The highest BCUT2D eigenvalue weighted by molar-refractivity contribution is 5.52. The van der Waals surface area contributed by atoms with Crippen LogP contribution in [0.4, 0.5) is 5.82 Å². The Labute approximate surface area is 123 Å². The number of nitrogens with one attached hydrogen (secondary N) is 1. The molecule has 0 spiro atoms. The second kappa shape index (κ2) is 8.60. The molecule has 1 N–H and O–H groups in total. The molecule has 0 aliphatic heterocycles. The van der Waals surface area contributed by atoms with E-state index in [-0.39, 0.29) is 0 Å². The summed E-state index contributed by atoms with van der Waals surface area (Å²) >= 11 is 0. The summed E-state index contributed by atoms with van der Waals surface area (Å²) in [5.74, 6) is 3.80. The van der Waals surface area contributed by atoms with Crippen molar-refractivity contribution in [1.82, 2.24) is 10.3 Å². The molecule has 1 aromatic rings. The van der Waals surface area contributed by atoms with Crippen LogP contribution >= 0.6 is 0 Å². The van der Waals surface area contributed by atoms with E-state index in [1.807, 2.05) is 6.92 Å². The molecule has 0 aromatic carbocycles. The van der Waals surface area contributed by atoms with Crippen molar-refractivity contribution in [2.75, 3.05) is 24.5 Å². The number of pyridine rings is 1. The molecule has 0 amide bonds. The predicted octanol–water partition coefficient (Wildman–Crippen LogP) is 3.05. The summed E-state index contributed by atoms with van der Waals surface area (Å²) < 4.78 is 0. The minimum Gasteiger partial charge on any atom is -0.345 e. The fraction of sp³-hybridized carbons (Fsp3) is 0.588. The fourth-order valence-electron chi connectivity index (χ4n) is 2.35. The van der Waals surface area contributed by atoms with Crippen LogP contribution in [0.2, 0.25) is 0 Å². The molecular formula is C17H27N3. The third kappa shape index (κ3) is 4.54. The van der Waals surface area contributed by atoms with Crippen LogP contribution in [0.25, 0.3) is 0 Å². The van der Waals surface area contributed by atoms with Crippen LogP contribution in [0.1, 0.15) is 43.5 Å². The lowest BCUT2D eigenvalue weighted by Crippen LogP contribution is -2.28. The van der Waals surface area contributed by atoms with Gasteiger partial charge in [0.15, 0.2) is 0 Å². The van der Waals surface area contributed by atoms with E-state index in [0.29, 0.717) is 6.54 Å². The van der Waals surface area contributed by atoms with E-state index in [9.17, 15) is 0 Å². The topological polar surface area (TPSA) is 28.2 Å². The Morgan fingerprint density at radius 1 is 1.30 bits per heavy atom. The minimum atomic E-state index is 0.616. The van der Waals surface area contributed by atoms with E-state index >= 15 is 0 Å². The predicted molar refractivity (Wildman–Crippen MR) is 87.0 cm³/mol. The number of anilines is 1. The molecule has 3 heteroatoms. The van der Waals surface area contributed by atoms with Crippen molar-refractivity contribution in [2.45, 2.75) is 47.1 Å². The highest BCUT2D eigenvalue weighted by Crippen LogP contribution is 2.22. The molecule has 0 atom stereocenters. The molecule has 0 saturated carbocycles. The highest BCUT2D eigenvalue weighted by atomic mass is 15.2. The standard InChI is InChI=1S/C17H27N3/c1-6-9-18-13-16-14(4)12-15(5)19-17(16)20(10-7-2)11-8-3/h2,12,18H,6,8-11,13H2,1,3-5H3. The quantitative estimate of drug-likeness (QED) is 0.583. The van der Waals surface area contributed by atoms with Crippen LogP contribution in [0, 0.1) is 26.2 Å². The van der Waals surface area contributed by atoms with Crippen LogP contribution in [-0.2, 0) is 6.54 Å². The maximum atomic E-state index is 5.51. The Morgan fingerprint density at radius 2 is 2.05 bits per heavy atom. The van der Waals surface area contributed by atoms with Gasteiger partial charge in [-0.1, -0.05) is 19.8 Å². The summed E-state index contributed by atoms with van der Waals surface area (Å²) in [5.41, 5.74) is 3.61. The van der Waals surface area contributed by atoms with Crippen LogP contribution in [-0.4, -0.2) is 24.6 Å². The van der Waals surface area contributed by atoms with Gasteiger partial charge in [0.05, 0.1) is 6.54 Å². The van der Waals surface area contributed by atoms with Gasteiger partial charge in [-0.3, -0.25) is 0 Å². The Hall–Kier alpha value is -1.53. The van der Waals surface area contributed by atoms with Crippen molar-refractivity contribution in [3.63, 3.8) is 0 Å². The van der Waals surface area contributed by atoms with Crippen molar-refractivity contribution < 1.29 is 0 Å². The molecule has 110 valence electrons. The number of aromatic nitrogens is 1. The maximum Gasteiger partial charge on any atom is 0.134 e. The molecule has 0 unspecified atom stereocenters. The number of hydrogen-bond acceptors (Lipinski definition) is 3. The Bertz CT molecular complexity index is 460. The fourth-order valence-corrected chi connectivity index (χ4v) is 2.35. The van der Waals surface area contributed by atoms with Gasteiger partial charge >= 0.3 is 0 Å². The molecule has 3 nitrogen and oxygen atoms in total. The summed E-state index contributed by atoms with van der Waals surface area (Å²) in [7, 11) is 0. The van der Waals surface area contributed by atoms with Crippen molar-refractivity contribution >= 4 is 5.82 Å². The Balaban J connectivity index is 3.09. The lowest BCUT2D eigenvalue weighted by Gasteiger charge is -2.25. The van der Waals surface area contributed by atoms with Crippen LogP contribution in [0.3, 0.4) is 0 Å². The van der Waals surface area contributed by atoms with Gasteiger partial charge in [0.2, 0.25) is 0 Å². The molecule has 20 heavy (non-hydrogen) atoms. The molecule has 0 aliphatic carbocycles. The van der Waals surface area contributed by atoms with E-state index in [0.717, 1.165) is 44.0 Å². The zero-order valence-electron chi connectivity index (χ0n) is 13.3. The van der Waals surface area contributed by atoms with Crippen LogP contribution in [0.15, 0.2) is 6.07 Å². The van der Waals surface area contributed by atoms with Crippen molar-refractivity contribution in [3.05, 3.63) is 22.9 Å². The van der Waals surface area contributed by atoms with Gasteiger partial charge in [-0.05, 0) is 44.9 Å². The number of terminal acetylenes is 1. The van der Waals surface area contributed by atoms with Gasteiger partial charge in [0.25, 0.3) is 0 Å². The lowest BCUT2D eigenvalue weighted by molar-refractivity contribution is 0.667. The van der Waals surface area contributed by atoms with Crippen molar-refractivity contribution in [3.8, 4) is 12.3 Å². The van der Waals surface area contributed by atoms with E-state index < -0.39 is 0 Å². The minimum absolute atomic E-state index is 0.616. The zero-order valence-corrected chi connectivity index (χ0v) is 13.3. The first-order valence-corrected chi connectivity index (χ1v) is 7.50. The number of nitrogens with zero attached hydrogens (tertiary/aromatic N) is 2. The summed E-state index contributed by atoms with van der Waals surface area (Å²) in [6.45, 7) is 12.0. The molecule has 0 fully saturated rings. The van der Waals surface area contributed by atoms with E-state index in [2.05, 4.69) is 43.0 Å². The van der Waals surface area contributed by atoms with Gasteiger partial charge in [-0.2, -0.15) is 0 Å². The molecule has 0 bridgehead atoms. The van der Waals surface area contributed by atoms with Crippen LogP contribution in [0.5, 0.6) is 0 Å². The second-order valence-corrected chi connectivity index (χ2v) is 5.19. The largest absolute Gasteiger partial charge is 0.345 e. The van der Waals surface area contributed by atoms with Crippen LogP contribution < -0.4 is 10.2 Å². The highest BCUT2D eigenvalue weighted by Gasteiger charge is 2.14. The van der Waals surface area contributed by atoms with Crippen molar-refractivity contribution in [2.24, 2.45) is 0 Å². The average Bonchev–Trinajstić information content (AvgIpc) is 2.40.